The van der Waals surface area contributed by atoms with Crippen LogP contribution in [0, 0.1) is 0 Å². The molecule has 0 aromatic rings. The Morgan fingerprint density at radius 3 is 2.44 bits per heavy atom. The molecule has 94 valence electrons. The van der Waals surface area contributed by atoms with Crippen LogP contribution in [0.5, 0.6) is 0 Å². The molecular formula is C8H15NO6S. The van der Waals surface area contributed by atoms with Crippen molar-refractivity contribution in [3.05, 3.63) is 0 Å². The van der Waals surface area contributed by atoms with E-state index in [4.69, 9.17) is 9.84 Å². The van der Waals surface area contributed by atoms with Crippen molar-refractivity contribution in [1.29, 1.82) is 0 Å². The Bertz CT molecular complexity index is 253. The van der Waals surface area contributed by atoms with Gasteiger partial charge in [-0.1, -0.05) is 0 Å². The van der Waals surface area contributed by atoms with Gasteiger partial charge in [0.1, 0.15) is 24.4 Å². The number of nitrogens with one attached hydrogen (secondary N) is 1. The Labute approximate surface area is 97.4 Å². The Hall–Kier alpha value is -0.380. The lowest BCUT2D eigenvalue weighted by molar-refractivity contribution is -0.253. The zero-order valence-corrected chi connectivity index (χ0v) is 9.25. The summed E-state index contributed by atoms with van der Waals surface area (Å²) in [7, 11) is 0. The van der Waals surface area contributed by atoms with Crippen molar-refractivity contribution in [2.75, 3.05) is 12.4 Å². The van der Waals surface area contributed by atoms with Crippen molar-refractivity contribution in [2.24, 2.45) is 0 Å². The first-order valence-electron chi connectivity index (χ1n) is 4.72. The maximum atomic E-state index is 11.0. The van der Waals surface area contributed by atoms with Gasteiger partial charge in [-0.2, -0.15) is 12.6 Å². The van der Waals surface area contributed by atoms with Crippen LogP contribution in [0.2, 0.25) is 0 Å². The van der Waals surface area contributed by atoms with Gasteiger partial charge in [-0.25, -0.2) is 0 Å². The molecule has 1 heterocycles. The van der Waals surface area contributed by atoms with Crippen molar-refractivity contribution in [3.63, 3.8) is 0 Å². The average Bonchev–Trinajstić information content (AvgIpc) is 2.28. The molecule has 2 unspecified atom stereocenters. The molecule has 1 rings (SSSR count). The lowest BCUT2D eigenvalue weighted by Gasteiger charge is -2.40. The highest BCUT2D eigenvalue weighted by Gasteiger charge is 2.44. The van der Waals surface area contributed by atoms with Gasteiger partial charge in [-0.05, 0) is 0 Å². The van der Waals surface area contributed by atoms with E-state index in [1.807, 2.05) is 0 Å². The largest absolute Gasteiger partial charge is 0.394 e. The topological polar surface area (TPSA) is 119 Å². The predicted octanol–water partition coefficient (Wildman–Crippen LogP) is -3.17. The SMILES string of the molecule is O=C(CS)NC1[C@H](O)OC(CO)[C@@H](O)[C@H]1O. The highest BCUT2D eigenvalue weighted by molar-refractivity contribution is 7.81. The van der Waals surface area contributed by atoms with Crippen LogP contribution in [0.1, 0.15) is 0 Å². The average molecular weight is 253 g/mol. The summed E-state index contributed by atoms with van der Waals surface area (Å²) >= 11 is 3.71. The minimum atomic E-state index is -1.49. The van der Waals surface area contributed by atoms with E-state index < -0.39 is 43.2 Å². The first-order valence-corrected chi connectivity index (χ1v) is 5.35. The fraction of sp³-hybridized carbons (Fsp3) is 0.875. The zero-order chi connectivity index (χ0) is 12.3. The monoisotopic (exact) mass is 253 g/mol. The summed E-state index contributed by atoms with van der Waals surface area (Å²) in [6, 6.07) is -1.14. The Balaban J connectivity index is 2.67. The predicted molar refractivity (Wildman–Crippen MR) is 55.8 cm³/mol. The summed E-state index contributed by atoms with van der Waals surface area (Å²) in [6.07, 6.45) is -5.35. The van der Waals surface area contributed by atoms with E-state index in [-0.39, 0.29) is 5.75 Å². The van der Waals surface area contributed by atoms with Crippen molar-refractivity contribution >= 4 is 18.5 Å². The van der Waals surface area contributed by atoms with Crippen molar-refractivity contribution in [3.8, 4) is 0 Å². The Kier molecular flexibility index (Phi) is 4.96. The fourth-order valence-corrected chi connectivity index (χ4v) is 1.58. The number of hydrogen-bond donors (Lipinski definition) is 6. The van der Waals surface area contributed by atoms with Crippen LogP contribution in [-0.2, 0) is 9.53 Å². The summed E-state index contributed by atoms with van der Waals surface area (Å²) < 4.78 is 4.83. The molecule has 0 bridgehead atoms. The van der Waals surface area contributed by atoms with E-state index in [1.54, 1.807) is 0 Å². The molecule has 0 aliphatic carbocycles. The normalized spacial score (nSPS) is 39.4. The van der Waals surface area contributed by atoms with Gasteiger partial charge in [0.25, 0.3) is 0 Å². The molecular weight excluding hydrogens is 238 g/mol. The molecule has 7 nitrogen and oxygen atoms in total. The second-order valence-corrected chi connectivity index (χ2v) is 3.80. The van der Waals surface area contributed by atoms with Crippen molar-refractivity contribution < 1.29 is 30.0 Å². The molecule has 1 aliphatic rings. The van der Waals surface area contributed by atoms with Crippen LogP contribution < -0.4 is 5.32 Å². The summed E-state index contributed by atoms with van der Waals surface area (Å²) in [5.41, 5.74) is 0. The van der Waals surface area contributed by atoms with Gasteiger partial charge < -0.3 is 30.5 Å². The molecule has 16 heavy (non-hydrogen) atoms. The summed E-state index contributed by atoms with van der Waals surface area (Å²) in [6.45, 7) is -0.539. The number of aliphatic hydroxyl groups is 4. The Morgan fingerprint density at radius 2 is 1.94 bits per heavy atom. The first-order chi connectivity index (χ1) is 7.51. The van der Waals surface area contributed by atoms with E-state index in [2.05, 4.69) is 17.9 Å². The highest BCUT2D eigenvalue weighted by Crippen LogP contribution is 2.19. The second-order valence-electron chi connectivity index (χ2n) is 3.48. The molecule has 0 radical (unpaired) electrons. The summed E-state index contributed by atoms with van der Waals surface area (Å²) in [4.78, 5) is 11.0. The van der Waals surface area contributed by atoms with Crippen LogP contribution in [0.4, 0.5) is 0 Å². The zero-order valence-electron chi connectivity index (χ0n) is 8.35. The van der Waals surface area contributed by atoms with E-state index in [0.29, 0.717) is 0 Å². The van der Waals surface area contributed by atoms with E-state index in [1.165, 1.54) is 0 Å². The number of aliphatic hydroxyl groups excluding tert-OH is 4. The number of rotatable bonds is 3. The molecule has 0 saturated carbocycles. The lowest BCUT2D eigenvalue weighted by Crippen LogP contribution is -2.64. The van der Waals surface area contributed by atoms with Gasteiger partial charge in [-0.15, -0.1) is 0 Å². The maximum Gasteiger partial charge on any atom is 0.230 e. The number of hydrogen-bond acceptors (Lipinski definition) is 7. The van der Waals surface area contributed by atoms with E-state index in [9.17, 15) is 20.1 Å². The third-order valence-electron chi connectivity index (χ3n) is 2.37. The van der Waals surface area contributed by atoms with Crippen LogP contribution in [0.3, 0.4) is 0 Å². The molecule has 1 aliphatic heterocycles. The van der Waals surface area contributed by atoms with Crippen molar-refractivity contribution in [1.82, 2.24) is 5.32 Å². The number of amides is 1. The molecule has 0 aromatic carbocycles. The third kappa shape index (κ3) is 2.84. The number of ether oxygens (including phenoxy) is 1. The summed E-state index contributed by atoms with van der Waals surface area (Å²) in [5, 5.41) is 39.6. The molecule has 5 N–H and O–H groups in total. The smallest absolute Gasteiger partial charge is 0.230 e. The molecule has 1 saturated heterocycles. The van der Waals surface area contributed by atoms with Gasteiger partial charge in [-0.3, -0.25) is 4.79 Å². The van der Waals surface area contributed by atoms with E-state index in [0.717, 1.165) is 0 Å². The van der Waals surface area contributed by atoms with Gasteiger partial charge >= 0.3 is 0 Å². The molecule has 0 spiro atoms. The molecule has 5 atom stereocenters. The van der Waals surface area contributed by atoms with Gasteiger partial charge in [0, 0.05) is 0 Å². The second kappa shape index (κ2) is 5.80. The molecule has 8 heteroatoms. The minimum absolute atomic E-state index is 0.116. The lowest BCUT2D eigenvalue weighted by atomic mass is 9.97. The third-order valence-corrected chi connectivity index (χ3v) is 2.66. The summed E-state index contributed by atoms with van der Waals surface area (Å²) in [5.74, 6) is -0.625. The number of carbonyl (C=O) groups is 1. The van der Waals surface area contributed by atoms with Gasteiger partial charge in [0.15, 0.2) is 6.29 Å². The Morgan fingerprint density at radius 1 is 1.31 bits per heavy atom. The van der Waals surface area contributed by atoms with Gasteiger partial charge in [0.05, 0.1) is 12.4 Å². The van der Waals surface area contributed by atoms with Crippen LogP contribution in [-0.4, -0.2) is 69.3 Å². The van der Waals surface area contributed by atoms with E-state index >= 15 is 0 Å². The highest BCUT2D eigenvalue weighted by atomic mass is 32.1. The first kappa shape index (κ1) is 13.7. The molecule has 1 amide bonds. The number of carbonyl (C=O) groups excluding carboxylic acids is 1. The molecule has 0 aromatic heterocycles. The number of thiol groups is 1. The standard InChI is InChI=1S/C8H15NO6S/c10-1-3-6(12)7(13)5(8(14)15-3)9-4(11)2-16/h3,5-8,10,12-14,16H,1-2H2,(H,9,11)/t3?,5?,6-,7+,8-/m1/s1. The van der Waals surface area contributed by atoms with Crippen LogP contribution in [0.25, 0.3) is 0 Å². The van der Waals surface area contributed by atoms with Crippen LogP contribution >= 0.6 is 12.6 Å². The fourth-order valence-electron chi connectivity index (χ4n) is 1.48. The maximum absolute atomic E-state index is 11.0. The van der Waals surface area contributed by atoms with Crippen molar-refractivity contribution in [2.45, 2.75) is 30.6 Å². The quantitative estimate of drug-likeness (QED) is 0.295. The minimum Gasteiger partial charge on any atom is -0.394 e. The molecule has 1 fully saturated rings. The van der Waals surface area contributed by atoms with Gasteiger partial charge in [0.2, 0.25) is 5.91 Å². The van der Waals surface area contributed by atoms with Crippen LogP contribution in [0.15, 0.2) is 0 Å².